The Morgan fingerprint density at radius 1 is 1.20 bits per heavy atom. The molecule has 0 saturated carbocycles. The molecule has 82 valence electrons. The molecule has 1 aliphatic rings. The Bertz CT molecular complexity index is 308. The summed E-state index contributed by atoms with van der Waals surface area (Å²) in [5.74, 6) is -0.0836. The lowest BCUT2D eigenvalue weighted by molar-refractivity contribution is 0.600. The molecule has 0 bridgehead atoms. The van der Waals surface area contributed by atoms with Gasteiger partial charge in [0.05, 0.1) is 0 Å². The van der Waals surface area contributed by atoms with Gasteiger partial charge in [0.2, 0.25) is 0 Å². The fourth-order valence-corrected chi connectivity index (χ4v) is 3.04. The fourth-order valence-electron chi connectivity index (χ4n) is 1.82. The molecule has 1 unspecified atom stereocenters. The Morgan fingerprint density at radius 2 is 2.07 bits per heavy atom. The predicted octanol–water partition coefficient (Wildman–Crippen LogP) is 3.06. The summed E-state index contributed by atoms with van der Waals surface area (Å²) in [5, 5.41) is 3.94. The minimum atomic E-state index is -0.0836. The molecule has 0 radical (unpaired) electrons. The summed E-state index contributed by atoms with van der Waals surface area (Å²) < 4.78 is 13.4. The van der Waals surface area contributed by atoms with E-state index < -0.39 is 0 Å². The maximum atomic E-state index is 13.4. The second kappa shape index (κ2) is 5.52. The summed E-state index contributed by atoms with van der Waals surface area (Å²) in [4.78, 5) is 0.796. The first kappa shape index (κ1) is 11.0. The van der Waals surface area contributed by atoms with Crippen molar-refractivity contribution < 1.29 is 4.39 Å². The first-order valence-electron chi connectivity index (χ1n) is 5.48. The summed E-state index contributed by atoms with van der Waals surface area (Å²) in [7, 11) is 0. The smallest absolute Gasteiger partial charge is 0.136 e. The lowest BCUT2D eigenvalue weighted by atomic mass is 10.2. The molecule has 2 rings (SSSR count). The van der Waals surface area contributed by atoms with Crippen molar-refractivity contribution in [1.29, 1.82) is 0 Å². The van der Waals surface area contributed by atoms with Crippen LogP contribution in [0.4, 0.5) is 4.39 Å². The van der Waals surface area contributed by atoms with Crippen molar-refractivity contribution in [2.45, 2.75) is 29.4 Å². The number of benzene rings is 1. The van der Waals surface area contributed by atoms with Crippen LogP contribution in [0, 0.1) is 5.82 Å². The largest absolute Gasteiger partial charge is 0.317 e. The van der Waals surface area contributed by atoms with Gasteiger partial charge >= 0.3 is 0 Å². The number of rotatable bonds is 2. The van der Waals surface area contributed by atoms with Crippen LogP contribution in [0.5, 0.6) is 0 Å². The molecule has 1 fully saturated rings. The SMILES string of the molecule is Fc1ccccc1SC1CCCNCC1. The quantitative estimate of drug-likeness (QED) is 0.830. The minimum Gasteiger partial charge on any atom is -0.317 e. The van der Waals surface area contributed by atoms with E-state index in [0.29, 0.717) is 5.25 Å². The third-order valence-electron chi connectivity index (χ3n) is 2.65. The third-order valence-corrected chi connectivity index (χ3v) is 4.04. The summed E-state index contributed by atoms with van der Waals surface area (Å²) in [6.45, 7) is 2.17. The van der Waals surface area contributed by atoms with Crippen LogP contribution in [-0.4, -0.2) is 18.3 Å². The molecule has 1 saturated heterocycles. The lowest BCUT2D eigenvalue weighted by Gasteiger charge is -2.13. The molecule has 0 amide bonds. The van der Waals surface area contributed by atoms with Gasteiger partial charge in [0, 0.05) is 10.1 Å². The van der Waals surface area contributed by atoms with Gasteiger partial charge in [-0.15, -0.1) is 11.8 Å². The molecule has 1 nitrogen and oxygen atoms in total. The summed E-state index contributed by atoms with van der Waals surface area (Å²) in [6.07, 6.45) is 3.52. The zero-order valence-corrected chi connectivity index (χ0v) is 9.52. The van der Waals surface area contributed by atoms with Crippen molar-refractivity contribution in [1.82, 2.24) is 5.32 Å². The van der Waals surface area contributed by atoms with Crippen LogP contribution >= 0.6 is 11.8 Å². The monoisotopic (exact) mass is 225 g/mol. The van der Waals surface area contributed by atoms with Crippen LogP contribution in [0.1, 0.15) is 19.3 Å². The molecule has 0 aromatic heterocycles. The molecular weight excluding hydrogens is 209 g/mol. The van der Waals surface area contributed by atoms with Crippen LogP contribution in [0.3, 0.4) is 0 Å². The number of hydrogen-bond donors (Lipinski definition) is 1. The van der Waals surface area contributed by atoms with Gasteiger partial charge in [-0.3, -0.25) is 0 Å². The van der Waals surface area contributed by atoms with Crippen molar-refractivity contribution >= 4 is 11.8 Å². The van der Waals surface area contributed by atoms with E-state index in [4.69, 9.17) is 0 Å². The Labute approximate surface area is 94.5 Å². The molecule has 1 aromatic carbocycles. The Hall–Kier alpha value is -0.540. The zero-order chi connectivity index (χ0) is 10.5. The maximum Gasteiger partial charge on any atom is 0.136 e. The first-order chi connectivity index (χ1) is 7.36. The van der Waals surface area contributed by atoms with Gasteiger partial charge in [-0.2, -0.15) is 0 Å². The second-order valence-corrected chi connectivity index (χ2v) is 5.19. The van der Waals surface area contributed by atoms with Gasteiger partial charge in [0.25, 0.3) is 0 Å². The van der Waals surface area contributed by atoms with E-state index in [1.807, 2.05) is 12.1 Å². The average Bonchev–Trinajstić information content (AvgIpc) is 2.50. The van der Waals surface area contributed by atoms with E-state index >= 15 is 0 Å². The van der Waals surface area contributed by atoms with Crippen molar-refractivity contribution in [3.05, 3.63) is 30.1 Å². The van der Waals surface area contributed by atoms with Gasteiger partial charge in [0.1, 0.15) is 5.82 Å². The minimum absolute atomic E-state index is 0.0836. The highest BCUT2D eigenvalue weighted by molar-refractivity contribution is 8.00. The van der Waals surface area contributed by atoms with Crippen LogP contribution in [-0.2, 0) is 0 Å². The Morgan fingerprint density at radius 3 is 2.93 bits per heavy atom. The number of halogens is 1. The van der Waals surface area contributed by atoms with Crippen LogP contribution in [0.15, 0.2) is 29.2 Å². The van der Waals surface area contributed by atoms with E-state index in [1.54, 1.807) is 17.8 Å². The second-order valence-electron chi connectivity index (χ2n) is 3.85. The summed E-state index contributed by atoms with van der Waals surface area (Å²) >= 11 is 1.69. The van der Waals surface area contributed by atoms with Gasteiger partial charge in [0.15, 0.2) is 0 Å². The highest BCUT2D eigenvalue weighted by atomic mass is 32.2. The number of nitrogens with one attached hydrogen (secondary N) is 1. The van der Waals surface area contributed by atoms with Crippen molar-refractivity contribution in [3.8, 4) is 0 Å². The van der Waals surface area contributed by atoms with E-state index in [2.05, 4.69) is 5.32 Å². The highest BCUT2D eigenvalue weighted by Crippen LogP contribution is 2.30. The molecule has 1 aliphatic heterocycles. The van der Waals surface area contributed by atoms with Gasteiger partial charge in [-0.25, -0.2) is 4.39 Å². The van der Waals surface area contributed by atoms with Crippen LogP contribution in [0.2, 0.25) is 0 Å². The van der Waals surface area contributed by atoms with Crippen molar-refractivity contribution in [3.63, 3.8) is 0 Å². The fraction of sp³-hybridized carbons (Fsp3) is 0.500. The molecule has 0 spiro atoms. The molecule has 15 heavy (non-hydrogen) atoms. The standard InChI is InChI=1S/C12H16FNS/c13-11-5-1-2-6-12(11)15-10-4-3-8-14-9-7-10/h1-2,5-6,10,14H,3-4,7-9H2. The van der Waals surface area contributed by atoms with Crippen molar-refractivity contribution in [2.24, 2.45) is 0 Å². The maximum absolute atomic E-state index is 13.4. The molecule has 1 atom stereocenters. The Kier molecular flexibility index (Phi) is 4.03. The van der Waals surface area contributed by atoms with E-state index in [9.17, 15) is 4.39 Å². The van der Waals surface area contributed by atoms with Gasteiger partial charge in [-0.05, 0) is 44.5 Å². The molecule has 1 heterocycles. The molecule has 1 aromatic rings. The number of thioether (sulfide) groups is 1. The predicted molar refractivity (Wildman–Crippen MR) is 62.8 cm³/mol. The van der Waals surface area contributed by atoms with Crippen molar-refractivity contribution in [2.75, 3.05) is 13.1 Å². The van der Waals surface area contributed by atoms with E-state index in [0.717, 1.165) is 24.4 Å². The average molecular weight is 225 g/mol. The zero-order valence-electron chi connectivity index (χ0n) is 8.71. The van der Waals surface area contributed by atoms with E-state index in [1.165, 1.54) is 18.9 Å². The van der Waals surface area contributed by atoms with Gasteiger partial charge in [-0.1, -0.05) is 12.1 Å². The lowest BCUT2D eigenvalue weighted by Crippen LogP contribution is -2.14. The number of hydrogen-bond acceptors (Lipinski definition) is 2. The Balaban J connectivity index is 1.98. The topological polar surface area (TPSA) is 12.0 Å². The normalized spacial score (nSPS) is 22.3. The summed E-state index contributed by atoms with van der Waals surface area (Å²) in [5.41, 5.74) is 0. The molecular formula is C12H16FNS. The molecule has 3 heteroatoms. The third kappa shape index (κ3) is 3.21. The van der Waals surface area contributed by atoms with Crippen LogP contribution < -0.4 is 5.32 Å². The molecule has 1 N–H and O–H groups in total. The van der Waals surface area contributed by atoms with Crippen LogP contribution in [0.25, 0.3) is 0 Å². The summed E-state index contributed by atoms with van der Waals surface area (Å²) in [6, 6.07) is 7.06. The highest BCUT2D eigenvalue weighted by Gasteiger charge is 2.14. The first-order valence-corrected chi connectivity index (χ1v) is 6.36. The molecule has 0 aliphatic carbocycles. The van der Waals surface area contributed by atoms with E-state index in [-0.39, 0.29) is 5.82 Å². The van der Waals surface area contributed by atoms with Gasteiger partial charge < -0.3 is 5.32 Å².